The average molecular weight is 406 g/mol. The SMILES string of the molecule is CCC(C)(C)NC(=O)COC(=O)c1cc(-c2ccc(OC)cc2)nc2ccccc12. The predicted molar refractivity (Wildman–Crippen MR) is 117 cm³/mol. The lowest BCUT2D eigenvalue weighted by Crippen LogP contribution is -2.44. The predicted octanol–water partition coefficient (Wildman–Crippen LogP) is 4.37. The summed E-state index contributed by atoms with van der Waals surface area (Å²) in [7, 11) is 1.61. The van der Waals surface area contributed by atoms with Crippen molar-refractivity contribution in [3.05, 3.63) is 60.2 Å². The highest BCUT2D eigenvalue weighted by molar-refractivity contribution is 6.05. The Labute approximate surface area is 176 Å². The van der Waals surface area contributed by atoms with Crippen LogP contribution in [0.25, 0.3) is 22.2 Å². The van der Waals surface area contributed by atoms with Crippen molar-refractivity contribution in [2.24, 2.45) is 0 Å². The van der Waals surface area contributed by atoms with Crippen LogP contribution in [0.2, 0.25) is 0 Å². The van der Waals surface area contributed by atoms with Gasteiger partial charge >= 0.3 is 5.97 Å². The first-order valence-corrected chi connectivity index (χ1v) is 9.85. The fourth-order valence-electron chi connectivity index (χ4n) is 2.96. The molecule has 1 heterocycles. The normalized spacial score (nSPS) is 11.2. The van der Waals surface area contributed by atoms with Gasteiger partial charge in [0.25, 0.3) is 5.91 Å². The van der Waals surface area contributed by atoms with Crippen LogP contribution in [0.3, 0.4) is 0 Å². The minimum atomic E-state index is -0.562. The number of esters is 1. The lowest BCUT2D eigenvalue weighted by atomic mass is 10.0. The Kier molecular flexibility index (Phi) is 6.35. The van der Waals surface area contributed by atoms with Crippen LogP contribution in [0.5, 0.6) is 5.75 Å². The molecule has 3 aromatic rings. The molecule has 0 aliphatic carbocycles. The van der Waals surface area contributed by atoms with Crippen LogP contribution in [-0.4, -0.2) is 36.1 Å². The van der Waals surface area contributed by atoms with Gasteiger partial charge in [-0.2, -0.15) is 0 Å². The Bertz CT molecular complexity index is 1060. The molecule has 0 bridgehead atoms. The molecular weight excluding hydrogens is 380 g/mol. The number of hydrogen-bond donors (Lipinski definition) is 1. The van der Waals surface area contributed by atoms with Crippen molar-refractivity contribution in [1.29, 1.82) is 0 Å². The van der Waals surface area contributed by atoms with Crippen LogP contribution in [0.15, 0.2) is 54.6 Å². The highest BCUT2D eigenvalue weighted by atomic mass is 16.5. The van der Waals surface area contributed by atoms with Gasteiger partial charge in [-0.25, -0.2) is 9.78 Å². The van der Waals surface area contributed by atoms with E-state index in [9.17, 15) is 9.59 Å². The van der Waals surface area contributed by atoms with Crippen molar-refractivity contribution in [3.63, 3.8) is 0 Å². The highest BCUT2D eigenvalue weighted by Crippen LogP contribution is 2.26. The van der Waals surface area contributed by atoms with Gasteiger partial charge in [0.1, 0.15) is 5.75 Å². The summed E-state index contributed by atoms with van der Waals surface area (Å²) in [5.41, 5.74) is 2.18. The van der Waals surface area contributed by atoms with Crippen molar-refractivity contribution in [3.8, 4) is 17.0 Å². The maximum atomic E-state index is 12.8. The van der Waals surface area contributed by atoms with Crippen molar-refractivity contribution < 1.29 is 19.1 Å². The molecule has 3 rings (SSSR count). The number of ether oxygens (including phenoxy) is 2. The molecule has 0 fully saturated rings. The van der Waals surface area contributed by atoms with Gasteiger partial charge in [-0.1, -0.05) is 25.1 Å². The van der Waals surface area contributed by atoms with E-state index >= 15 is 0 Å². The molecule has 156 valence electrons. The van der Waals surface area contributed by atoms with Gasteiger partial charge in [-0.15, -0.1) is 0 Å². The number of para-hydroxylation sites is 1. The summed E-state index contributed by atoms with van der Waals surface area (Å²) in [6, 6.07) is 16.5. The number of benzene rings is 2. The van der Waals surface area contributed by atoms with Crippen LogP contribution in [0, 0.1) is 0 Å². The first kappa shape index (κ1) is 21.3. The van der Waals surface area contributed by atoms with Gasteiger partial charge in [-0.3, -0.25) is 4.79 Å². The lowest BCUT2D eigenvalue weighted by Gasteiger charge is -2.24. The summed E-state index contributed by atoms with van der Waals surface area (Å²) in [6.07, 6.45) is 0.771. The fraction of sp³-hybridized carbons (Fsp3) is 0.292. The Hall–Kier alpha value is -3.41. The molecule has 1 aromatic heterocycles. The monoisotopic (exact) mass is 406 g/mol. The van der Waals surface area contributed by atoms with Crippen LogP contribution in [0.1, 0.15) is 37.6 Å². The molecule has 6 nitrogen and oxygen atoms in total. The number of carbonyl (C=O) groups is 2. The molecule has 30 heavy (non-hydrogen) atoms. The summed E-state index contributed by atoms with van der Waals surface area (Å²) >= 11 is 0. The zero-order valence-corrected chi connectivity index (χ0v) is 17.7. The minimum Gasteiger partial charge on any atom is -0.497 e. The molecular formula is C24H26N2O4. The molecule has 0 aliphatic rings. The van der Waals surface area contributed by atoms with E-state index in [1.165, 1.54) is 0 Å². The molecule has 1 N–H and O–H groups in total. The molecule has 0 radical (unpaired) electrons. The number of nitrogens with zero attached hydrogens (tertiary/aromatic N) is 1. The fourth-order valence-corrected chi connectivity index (χ4v) is 2.96. The number of carbonyl (C=O) groups excluding carboxylic acids is 2. The van der Waals surface area contributed by atoms with Crippen molar-refractivity contribution in [1.82, 2.24) is 10.3 Å². The summed E-state index contributed by atoms with van der Waals surface area (Å²) in [5, 5.41) is 3.53. The molecule has 1 amide bonds. The summed E-state index contributed by atoms with van der Waals surface area (Å²) < 4.78 is 10.5. The average Bonchev–Trinajstić information content (AvgIpc) is 2.76. The van der Waals surface area contributed by atoms with Gasteiger partial charge in [0, 0.05) is 16.5 Å². The molecule has 6 heteroatoms. The van der Waals surface area contributed by atoms with Crippen molar-refractivity contribution >= 4 is 22.8 Å². The molecule has 0 aliphatic heterocycles. The second-order valence-electron chi connectivity index (χ2n) is 7.66. The van der Waals surface area contributed by atoms with Crippen LogP contribution >= 0.6 is 0 Å². The largest absolute Gasteiger partial charge is 0.497 e. The van der Waals surface area contributed by atoms with Gasteiger partial charge in [0.15, 0.2) is 6.61 Å². The van der Waals surface area contributed by atoms with E-state index in [1.807, 2.05) is 69.3 Å². The van der Waals surface area contributed by atoms with Crippen LogP contribution < -0.4 is 10.1 Å². The van der Waals surface area contributed by atoms with Gasteiger partial charge in [-0.05, 0) is 56.7 Å². The first-order valence-electron chi connectivity index (χ1n) is 9.85. The van der Waals surface area contributed by atoms with Crippen molar-refractivity contribution in [2.75, 3.05) is 13.7 Å². The third-order valence-corrected chi connectivity index (χ3v) is 5.02. The van der Waals surface area contributed by atoms with E-state index in [2.05, 4.69) is 10.3 Å². The zero-order valence-electron chi connectivity index (χ0n) is 17.7. The van der Waals surface area contributed by atoms with Gasteiger partial charge < -0.3 is 14.8 Å². The highest BCUT2D eigenvalue weighted by Gasteiger charge is 2.20. The Morgan fingerprint density at radius 3 is 2.43 bits per heavy atom. The molecule has 2 aromatic carbocycles. The number of pyridine rings is 1. The third kappa shape index (κ3) is 4.95. The zero-order chi connectivity index (χ0) is 21.7. The van der Waals surface area contributed by atoms with Crippen LogP contribution in [0.4, 0.5) is 0 Å². The molecule has 0 saturated carbocycles. The number of methoxy groups -OCH3 is 1. The lowest BCUT2D eigenvalue weighted by molar-refractivity contribution is -0.125. The summed E-state index contributed by atoms with van der Waals surface area (Å²) in [6.45, 7) is 5.49. The van der Waals surface area contributed by atoms with E-state index in [0.29, 0.717) is 22.2 Å². The number of aromatic nitrogens is 1. The molecule has 0 unspecified atom stereocenters. The Morgan fingerprint density at radius 1 is 1.07 bits per heavy atom. The van der Waals surface area contributed by atoms with E-state index in [0.717, 1.165) is 17.7 Å². The quantitative estimate of drug-likeness (QED) is 0.590. The van der Waals surface area contributed by atoms with Crippen LogP contribution in [-0.2, 0) is 9.53 Å². The van der Waals surface area contributed by atoms with E-state index in [1.54, 1.807) is 13.2 Å². The third-order valence-electron chi connectivity index (χ3n) is 5.02. The summed E-state index contributed by atoms with van der Waals surface area (Å²) in [4.78, 5) is 29.7. The first-order chi connectivity index (χ1) is 14.3. The van der Waals surface area contributed by atoms with Gasteiger partial charge in [0.2, 0.25) is 0 Å². The molecule has 0 saturated heterocycles. The Balaban J connectivity index is 1.88. The standard InChI is InChI=1S/C24H26N2O4/c1-5-24(2,3)26-22(27)15-30-23(28)19-14-21(16-10-12-17(29-4)13-11-16)25-20-9-7-6-8-18(19)20/h6-14H,5,15H2,1-4H3,(H,26,27). The number of amides is 1. The minimum absolute atomic E-state index is 0.330. The molecule has 0 spiro atoms. The number of hydrogen-bond acceptors (Lipinski definition) is 5. The van der Waals surface area contributed by atoms with E-state index in [-0.39, 0.29) is 18.1 Å². The second-order valence-corrected chi connectivity index (χ2v) is 7.66. The number of fused-ring (bicyclic) bond motifs is 1. The van der Waals surface area contributed by atoms with E-state index in [4.69, 9.17) is 9.47 Å². The maximum absolute atomic E-state index is 12.8. The topological polar surface area (TPSA) is 77.5 Å². The maximum Gasteiger partial charge on any atom is 0.339 e. The smallest absolute Gasteiger partial charge is 0.339 e. The van der Waals surface area contributed by atoms with E-state index < -0.39 is 5.97 Å². The second kappa shape index (κ2) is 8.95. The molecule has 0 atom stereocenters. The van der Waals surface area contributed by atoms with Gasteiger partial charge in [0.05, 0.1) is 23.9 Å². The Morgan fingerprint density at radius 2 is 1.77 bits per heavy atom. The summed E-state index contributed by atoms with van der Waals surface area (Å²) in [5.74, 6) is -0.156. The number of rotatable bonds is 7. The van der Waals surface area contributed by atoms with Crippen molar-refractivity contribution in [2.45, 2.75) is 32.7 Å². The number of nitrogens with one attached hydrogen (secondary N) is 1.